The molecule has 2 atom stereocenters. The third kappa shape index (κ3) is 5.02. The summed E-state index contributed by atoms with van der Waals surface area (Å²) in [7, 11) is 2.07. The summed E-state index contributed by atoms with van der Waals surface area (Å²) in [6.45, 7) is 5.85. The Bertz CT molecular complexity index is 316. The van der Waals surface area contributed by atoms with Gasteiger partial charge in [-0.3, -0.25) is 0 Å². The maximum absolute atomic E-state index is 12.8. The van der Waals surface area contributed by atoms with Gasteiger partial charge < -0.3 is 10.6 Å². The number of likely N-dealkylation sites (N-methyl/N-ethyl adjacent to an activating group) is 1. The first-order valence-corrected chi connectivity index (χ1v) is 5.70. The van der Waals surface area contributed by atoms with Crippen molar-refractivity contribution in [1.82, 2.24) is 4.90 Å². The second-order valence-electron chi connectivity index (χ2n) is 4.48. The van der Waals surface area contributed by atoms with E-state index in [-0.39, 0.29) is 18.2 Å². The van der Waals surface area contributed by atoms with E-state index in [2.05, 4.69) is 25.8 Å². The molecule has 2 N–H and O–H groups in total. The first-order valence-electron chi connectivity index (χ1n) is 5.70. The van der Waals surface area contributed by atoms with E-state index in [9.17, 15) is 4.39 Å². The number of halogens is 2. The Morgan fingerprint density at radius 3 is 2.24 bits per heavy atom. The summed E-state index contributed by atoms with van der Waals surface area (Å²) in [5.41, 5.74) is 6.78. The fourth-order valence-corrected chi connectivity index (χ4v) is 1.69. The van der Waals surface area contributed by atoms with Crippen LogP contribution < -0.4 is 5.73 Å². The largest absolute Gasteiger partial charge is 0.329 e. The number of nitrogens with two attached hydrogens (primary N) is 1. The van der Waals surface area contributed by atoms with E-state index in [4.69, 9.17) is 5.73 Å². The third-order valence-electron chi connectivity index (χ3n) is 3.09. The van der Waals surface area contributed by atoms with Crippen LogP contribution in [-0.4, -0.2) is 31.1 Å². The highest BCUT2D eigenvalue weighted by atomic mass is 35.5. The van der Waals surface area contributed by atoms with Crippen LogP contribution in [0.5, 0.6) is 0 Å². The predicted octanol–water partition coefficient (Wildman–Crippen LogP) is 2.63. The van der Waals surface area contributed by atoms with Gasteiger partial charge in [-0.15, -0.1) is 12.4 Å². The van der Waals surface area contributed by atoms with Gasteiger partial charge in [0.2, 0.25) is 0 Å². The Labute approximate surface area is 109 Å². The van der Waals surface area contributed by atoms with Crippen LogP contribution >= 0.6 is 12.4 Å². The molecule has 98 valence electrons. The van der Waals surface area contributed by atoms with Crippen LogP contribution in [0, 0.1) is 5.82 Å². The quantitative estimate of drug-likeness (QED) is 0.882. The van der Waals surface area contributed by atoms with Gasteiger partial charge in [0.15, 0.2) is 0 Å². The minimum Gasteiger partial charge on any atom is -0.329 e. The molecule has 4 heteroatoms. The van der Waals surface area contributed by atoms with Gasteiger partial charge in [-0.2, -0.15) is 0 Å². The zero-order valence-corrected chi connectivity index (χ0v) is 11.5. The number of nitrogens with zero attached hydrogens (tertiary/aromatic N) is 1. The average molecular weight is 261 g/mol. The lowest BCUT2D eigenvalue weighted by molar-refractivity contribution is 0.251. The fraction of sp³-hybridized carbons (Fsp3) is 0.538. The van der Waals surface area contributed by atoms with Crippen molar-refractivity contribution < 1.29 is 4.39 Å². The number of benzene rings is 1. The molecular weight excluding hydrogens is 239 g/mol. The van der Waals surface area contributed by atoms with Crippen LogP contribution in [-0.2, 0) is 0 Å². The minimum absolute atomic E-state index is 0. The molecule has 1 rings (SSSR count). The van der Waals surface area contributed by atoms with Crippen LogP contribution in [0.25, 0.3) is 0 Å². The van der Waals surface area contributed by atoms with Crippen LogP contribution in [0.1, 0.15) is 25.3 Å². The van der Waals surface area contributed by atoms with Crippen LogP contribution in [0.2, 0.25) is 0 Å². The molecule has 2 unspecified atom stereocenters. The summed E-state index contributed by atoms with van der Waals surface area (Å²) in [5.74, 6) is 0.208. The summed E-state index contributed by atoms with van der Waals surface area (Å²) in [6, 6.07) is 7.10. The van der Waals surface area contributed by atoms with Crippen molar-refractivity contribution in [3.8, 4) is 0 Å². The van der Waals surface area contributed by atoms with Crippen molar-refractivity contribution in [3.05, 3.63) is 35.6 Å². The van der Waals surface area contributed by atoms with E-state index in [1.165, 1.54) is 12.1 Å². The van der Waals surface area contributed by atoms with Crippen LogP contribution in [0.3, 0.4) is 0 Å². The fourth-order valence-electron chi connectivity index (χ4n) is 1.69. The third-order valence-corrected chi connectivity index (χ3v) is 3.09. The van der Waals surface area contributed by atoms with Crippen molar-refractivity contribution in [2.45, 2.75) is 25.8 Å². The van der Waals surface area contributed by atoms with Gasteiger partial charge in [0, 0.05) is 19.1 Å². The summed E-state index contributed by atoms with van der Waals surface area (Å²) in [5, 5.41) is 0. The van der Waals surface area contributed by atoms with Gasteiger partial charge in [-0.25, -0.2) is 4.39 Å². The first-order chi connectivity index (χ1) is 7.54. The molecule has 0 saturated heterocycles. The molecule has 0 aliphatic rings. The smallest absolute Gasteiger partial charge is 0.123 e. The van der Waals surface area contributed by atoms with E-state index in [0.29, 0.717) is 18.5 Å². The molecule has 0 aromatic heterocycles. The van der Waals surface area contributed by atoms with Crippen molar-refractivity contribution in [1.29, 1.82) is 0 Å². The molecule has 0 amide bonds. The maximum atomic E-state index is 12.8. The zero-order valence-electron chi connectivity index (χ0n) is 10.7. The molecule has 0 spiro atoms. The van der Waals surface area contributed by atoms with Crippen LogP contribution in [0.15, 0.2) is 24.3 Å². The van der Waals surface area contributed by atoms with E-state index in [0.717, 1.165) is 12.1 Å². The van der Waals surface area contributed by atoms with Gasteiger partial charge in [-0.1, -0.05) is 19.1 Å². The van der Waals surface area contributed by atoms with E-state index >= 15 is 0 Å². The molecular formula is C13H22ClFN2. The molecule has 0 bridgehead atoms. The number of hydrogen-bond donors (Lipinski definition) is 1. The van der Waals surface area contributed by atoms with Gasteiger partial charge in [0.25, 0.3) is 0 Å². The first kappa shape index (κ1) is 16.4. The highest BCUT2D eigenvalue weighted by Crippen LogP contribution is 2.17. The van der Waals surface area contributed by atoms with E-state index in [1.807, 2.05) is 12.1 Å². The molecule has 0 radical (unpaired) electrons. The number of hydrogen-bond acceptors (Lipinski definition) is 2. The normalized spacial score (nSPS) is 14.2. The molecule has 0 saturated carbocycles. The monoisotopic (exact) mass is 260 g/mol. The second-order valence-corrected chi connectivity index (χ2v) is 4.48. The molecule has 1 aromatic carbocycles. The van der Waals surface area contributed by atoms with E-state index < -0.39 is 0 Å². The van der Waals surface area contributed by atoms with E-state index in [1.54, 1.807) is 0 Å². The molecule has 0 fully saturated rings. The molecule has 0 aliphatic carbocycles. The molecule has 1 aromatic rings. The summed E-state index contributed by atoms with van der Waals surface area (Å²) in [4.78, 5) is 2.23. The topological polar surface area (TPSA) is 29.3 Å². The highest BCUT2D eigenvalue weighted by molar-refractivity contribution is 5.85. The molecule has 2 nitrogen and oxygen atoms in total. The molecule has 17 heavy (non-hydrogen) atoms. The summed E-state index contributed by atoms with van der Waals surface area (Å²) in [6.07, 6.45) is 0. The lowest BCUT2D eigenvalue weighted by Crippen LogP contribution is -2.37. The average Bonchev–Trinajstić information content (AvgIpc) is 2.28. The van der Waals surface area contributed by atoms with Gasteiger partial charge in [-0.05, 0) is 37.6 Å². The standard InChI is InChI=1S/C13H21FN2.ClH/c1-10(9-16(3)11(2)8-15)12-4-6-13(14)7-5-12;/h4-7,10-11H,8-9,15H2,1-3H3;1H. The van der Waals surface area contributed by atoms with Gasteiger partial charge >= 0.3 is 0 Å². The Hall–Kier alpha value is -0.640. The lowest BCUT2D eigenvalue weighted by atomic mass is 10.0. The predicted molar refractivity (Wildman–Crippen MR) is 73.2 cm³/mol. The van der Waals surface area contributed by atoms with Crippen molar-refractivity contribution in [2.75, 3.05) is 20.1 Å². The van der Waals surface area contributed by atoms with Crippen molar-refractivity contribution >= 4 is 12.4 Å². The molecule has 0 aliphatic heterocycles. The highest BCUT2D eigenvalue weighted by Gasteiger charge is 2.12. The maximum Gasteiger partial charge on any atom is 0.123 e. The Kier molecular flexibility index (Phi) is 7.35. The Balaban J connectivity index is 0.00000256. The Morgan fingerprint density at radius 2 is 1.76 bits per heavy atom. The SMILES string of the molecule is CC(CN(C)C(C)CN)c1ccc(F)cc1.Cl. The summed E-state index contributed by atoms with van der Waals surface area (Å²) < 4.78 is 12.8. The van der Waals surface area contributed by atoms with Gasteiger partial charge in [0.05, 0.1) is 0 Å². The molecule has 0 heterocycles. The van der Waals surface area contributed by atoms with Crippen molar-refractivity contribution in [2.24, 2.45) is 5.73 Å². The lowest BCUT2D eigenvalue weighted by Gasteiger charge is -2.26. The minimum atomic E-state index is -0.181. The second kappa shape index (κ2) is 7.64. The van der Waals surface area contributed by atoms with Crippen LogP contribution in [0.4, 0.5) is 4.39 Å². The zero-order chi connectivity index (χ0) is 12.1. The number of rotatable bonds is 5. The summed E-state index contributed by atoms with van der Waals surface area (Å²) >= 11 is 0. The van der Waals surface area contributed by atoms with Gasteiger partial charge in [0.1, 0.15) is 5.82 Å². The Morgan fingerprint density at radius 1 is 1.24 bits per heavy atom. The van der Waals surface area contributed by atoms with Crippen molar-refractivity contribution in [3.63, 3.8) is 0 Å².